The summed E-state index contributed by atoms with van der Waals surface area (Å²) in [5.74, 6) is -0.558. The molecule has 336 valence electrons. The highest BCUT2D eigenvalue weighted by atomic mass is 16.5. The fourth-order valence-electron chi connectivity index (χ4n) is 7.28. The largest absolute Gasteiger partial charge is 0.462 e. The molecule has 3 unspecified atom stereocenters. The van der Waals surface area contributed by atoms with Gasteiger partial charge in [-0.1, -0.05) is 242 Å². The lowest BCUT2D eigenvalue weighted by atomic mass is 10.0. The van der Waals surface area contributed by atoms with Gasteiger partial charge in [-0.05, 0) is 38.5 Å². The van der Waals surface area contributed by atoms with E-state index in [1.165, 1.54) is 128 Å². The van der Waals surface area contributed by atoms with Crippen LogP contribution in [-0.4, -0.2) is 46.9 Å². The number of carbonyl (C=O) groups excluding carboxylic acids is 2. The predicted molar refractivity (Wildman–Crippen MR) is 250 cm³/mol. The number of rotatable bonds is 43. The first-order valence-electron chi connectivity index (χ1n) is 24.6. The Morgan fingerprint density at radius 3 is 1.34 bits per heavy atom. The van der Waals surface area contributed by atoms with Crippen LogP contribution in [-0.2, 0) is 14.3 Å². The van der Waals surface area contributed by atoms with Crippen LogP contribution < -0.4 is 5.32 Å². The number of carbonyl (C=O) groups is 2. The number of aliphatic hydroxyl groups excluding tert-OH is 2. The maximum absolute atomic E-state index is 13.2. The van der Waals surface area contributed by atoms with Gasteiger partial charge in [-0.2, -0.15) is 0 Å². The molecule has 1 amide bonds. The average molecular weight is 812 g/mol. The van der Waals surface area contributed by atoms with Crippen molar-refractivity contribution in [1.29, 1.82) is 0 Å². The standard InChI is InChI=1S/C52H93NO5/c1-4-7-10-13-16-19-22-25-27-28-31-34-37-40-43-48(58-52(57)45-42-39-36-33-30-26-23-20-17-14-11-8-5-2)46-51(56)53-49(47-54)50(55)44-41-38-35-32-29-24-21-18-15-12-9-6-3/h8,11,14,17,20,23,26,30,33,36,48-50,54-55H,4-7,9-10,12-13,15-16,18-19,21-22,24-25,27-29,31-32,34-35,37-47H2,1-3H3,(H,53,56)/b11-8+,17-14+,23-20-,30-26-,36-33+. The summed E-state index contributed by atoms with van der Waals surface area (Å²) < 4.78 is 5.88. The topological polar surface area (TPSA) is 95.9 Å². The van der Waals surface area contributed by atoms with Crippen LogP contribution in [0.3, 0.4) is 0 Å². The summed E-state index contributed by atoms with van der Waals surface area (Å²) in [6.45, 7) is 6.32. The monoisotopic (exact) mass is 812 g/mol. The van der Waals surface area contributed by atoms with Gasteiger partial charge < -0.3 is 20.3 Å². The number of hydrogen-bond donors (Lipinski definition) is 3. The second-order valence-electron chi connectivity index (χ2n) is 16.6. The van der Waals surface area contributed by atoms with Crippen LogP contribution in [0, 0.1) is 0 Å². The van der Waals surface area contributed by atoms with Crippen molar-refractivity contribution in [2.75, 3.05) is 6.61 Å². The quantitative estimate of drug-likeness (QED) is 0.0324. The minimum Gasteiger partial charge on any atom is -0.462 e. The second kappa shape index (κ2) is 45.6. The Kier molecular flexibility index (Phi) is 43.7. The van der Waals surface area contributed by atoms with E-state index in [9.17, 15) is 19.8 Å². The molecule has 0 aromatic carbocycles. The maximum atomic E-state index is 13.2. The van der Waals surface area contributed by atoms with Crippen LogP contribution in [0.5, 0.6) is 0 Å². The average Bonchev–Trinajstić information content (AvgIpc) is 3.22. The Labute approximate surface area is 358 Å². The Hall–Kier alpha value is -2.44. The van der Waals surface area contributed by atoms with Crippen LogP contribution in [0.1, 0.15) is 233 Å². The summed E-state index contributed by atoms with van der Waals surface area (Å²) in [6, 6.07) is -0.714. The van der Waals surface area contributed by atoms with Crippen LogP contribution in [0.25, 0.3) is 0 Å². The normalized spacial score (nSPS) is 13.8. The number of aliphatic hydroxyl groups is 2. The molecule has 0 saturated carbocycles. The minimum absolute atomic E-state index is 0.0499. The maximum Gasteiger partial charge on any atom is 0.306 e. The van der Waals surface area contributed by atoms with E-state index in [0.29, 0.717) is 25.7 Å². The SMILES string of the molecule is CC/C=C/C=C/C=C\C=C/C=C/CCCC(=O)OC(CCCCCCCCCCCCCCCC)CC(=O)NC(CO)C(O)CCCCCCCCCCCCCC. The van der Waals surface area contributed by atoms with Gasteiger partial charge in [0.2, 0.25) is 5.91 Å². The molecular formula is C52H93NO5. The molecule has 0 bridgehead atoms. The molecule has 0 aliphatic rings. The van der Waals surface area contributed by atoms with Gasteiger partial charge in [0.25, 0.3) is 0 Å². The molecule has 6 nitrogen and oxygen atoms in total. The Bertz CT molecular complexity index is 1050. The van der Waals surface area contributed by atoms with Crippen LogP contribution in [0.2, 0.25) is 0 Å². The highest BCUT2D eigenvalue weighted by Crippen LogP contribution is 2.18. The van der Waals surface area contributed by atoms with Crippen LogP contribution >= 0.6 is 0 Å². The van der Waals surface area contributed by atoms with Crippen molar-refractivity contribution in [3.8, 4) is 0 Å². The zero-order valence-electron chi connectivity index (χ0n) is 38.2. The molecule has 3 atom stereocenters. The van der Waals surface area contributed by atoms with Crippen LogP contribution in [0.15, 0.2) is 60.8 Å². The fourth-order valence-corrected chi connectivity index (χ4v) is 7.28. The minimum atomic E-state index is -0.799. The molecular weight excluding hydrogens is 719 g/mol. The number of hydrogen-bond acceptors (Lipinski definition) is 5. The molecule has 0 rings (SSSR count). The van der Waals surface area contributed by atoms with Crippen molar-refractivity contribution < 1.29 is 24.5 Å². The first-order valence-corrected chi connectivity index (χ1v) is 24.6. The van der Waals surface area contributed by atoms with Crippen molar-refractivity contribution in [1.82, 2.24) is 5.32 Å². The number of esters is 1. The summed E-state index contributed by atoms with van der Waals surface area (Å²) in [5.41, 5.74) is 0. The van der Waals surface area contributed by atoms with Crippen molar-refractivity contribution in [2.45, 2.75) is 251 Å². The summed E-state index contributed by atoms with van der Waals surface area (Å²) in [7, 11) is 0. The third-order valence-corrected chi connectivity index (χ3v) is 11.0. The van der Waals surface area contributed by atoms with Crippen molar-refractivity contribution in [3.05, 3.63) is 60.8 Å². The number of amides is 1. The smallest absolute Gasteiger partial charge is 0.306 e. The lowest BCUT2D eigenvalue weighted by Crippen LogP contribution is -2.46. The van der Waals surface area contributed by atoms with Gasteiger partial charge in [-0.3, -0.25) is 9.59 Å². The van der Waals surface area contributed by atoms with E-state index in [1.54, 1.807) is 0 Å². The van der Waals surface area contributed by atoms with E-state index < -0.39 is 18.2 Å². The molecule has 0 aliphatic carbocycles. The van der Waals surface area contributed by atoms with Gasteiger partial charge in [0.05, 0.1) is 25.2 Å². The first kappa shape index (κ1) is 55.6. The van der Waals surface area contributed by atoms with Gasteiger partial charge in [-0.25, -0.2) is 0 Å². The second-order valence-corrected chi connectivity index (χ2v) is 16.6. The molecule has 0 heterocycles. The molecule has 0 radical (unpaired) electrons. The molecule has 0 aromatic heterocycles. The predicted octanol–water partition coefficient (Wildman–Crippen LogP) is 14.5. The zero-order valence-corrected chi connectivity index (χ0v) is 38.2. The molecule has 0 saturated heterocycles. The number of unbranched alkanes of at least 4 members (excludes halogenated alkanes) is 25. The third-order valence-electron chi connectivity index (χ3n) is 11.0. The van der Waals surface area contributed by atoms with E-state index in [0.717, 1.165) is 51.4 Å². The number of nitrogens with one attached hydrogen (secondary N) is 1. The molecule has 3 N–H and O–H groups in total. The van der Waals surface area contributed by atoms with Gasteiger partial charge in [0, 0.05) is 6.42 Å². The Morgan fingerprint density at radius 2 is 0.914 bits per heavy atom. The molecule has 58 heavy (non-hydrogen) atoms. The first-order chi connectivity index (χ1) is 28.5. The van der Waals surface area contributed by atoms with Crippen molar-refractivity contribution in [2.24, 2.45) is 0 Å². The van der Waals surface area contributed by atoms with Gasteiger partial charge >= 0.3 is 5.97 Å². The highest BCUT2D eigenvalue weighted by Gasteiger charge is 2.24. The summed E-state index contributed by atoms with van der Waals surface area (Å²) in [5, 5.41) is 23.7. The molecule has 0 spiro atoms. The highest BCUT2D eigenvalue weighted by molar-refractivity contribution is 5.77. The van der Waals surface area contributed by atoms with E-state index in [-0.39, 0.29) is 24.9 Å². The third kappa shape index (κ3) is 40.3. The molecule has 6 heteroatoms. The lowest BCUT2D eigenvalue weighted by Gasteiger charge is -2.24. The summed E-state index contributed by atoms with van der Waals surface area (Å²) in [4.78, 5) is 26.0. The molecule has 0 fully saturated rings. The summed E-state index contributed by atoms with van der Waals surface area (Å²) in [6.07, 6.45) is 55.7. The zero-order chi connectivity index (χ0) is 42.4. The van der Waals surface area contributed by atoms with Crippen molar-refractivity contribution in [3.63, 3.8) is 0 Å². The lowest BCUT2D eigenvalue weighted by molar-refractivity contribution is -0.151. The van der Waals surface area contributed by atoms with E-state index >= 15 is 0 Å². The van der Waals surface area contributed by atoms with E-state index in [2.05, 4.69) is 38.2 Å². The molecule has 0 aromatic rings. The van der Waals surface area contributed by atoms with Crippen molar-refractivity contribution >= 4 is 11.9 Å². The number of allylic oxidation sites excluding steroid dienone is 10. The Balaban J connectivity index is 4.69. The fraction of sp³-hybridized carbons (Fsp3) is 0.769. The molecule has 0 aliphatic heterocycles. The van der Waals surface area contributed by atoms with Gasteiger partial charge in [-0.15, -0.1) is 0 Å². The van der Waals surface area contributed by atoms with E-state index in [4.69, 9.17) is 4.74 Å². The van der Waals surface area contributed by atoms with Crippen LogP contribution in [0.4, 0.5) is 0 Å². The van der Waals surface area contributed by atoms with Gasteiger partial charge in [0.15, 0.2) is 0 Å². The number of ether oxygens (including phenoxy) is 1. The summed E-state index contributed by atoms with van der Waals surface area (Å²) >= 11 is 0. The Morgan fingerprint density at radius 1 is 0.517 bits per heavy atom. The van der Waals surface area contributed by atoms with Gasteiger partial charge in [0.1, 0.15) is 6.10 Å². The van der Waals surface area contributed by atoms with E-state index in [1.807, 2.05) is 48.6 Å².